The number of thiophene rings is 1. The Morgan fingerprint density at radius 2 is 1.88 bits per heavy atom. The zero-order chi connectivity index (χ0) is 18.5. The van der Waals surface area contributed by atoms with E-state index in [0.29, 0.717) is 10.4 Å². The first-order chi connectivity index (χ1) is 12.5. The predicted octanol–water partition coefficient (Wildman–Crippen LogP) is 3.78. The third-order valence-corrected chi connectivity index (χ3v) is 5.90. The van der Waals surface area contributed by atoms with Gasteiger partial charge in [-0.2, -0.15) is 0 Å². The van der Waals surface area contributed by atoms with Gasteiger partial charge in [-0.15, -0.1) is 11.3 Å². The van der Waals surface area contributed by atoms with Gasteiger partial charge in [0.15, 0.2) is 0 Å². The van der Waals surface area contributed by atoms with Gasteiger partial charge >= 0.3 is 0 Å². The zero-order valence-electron chi connectivity index (χ0n) is 14.4. The van der Waals surface area contributed by atoms with Crippen LogP contribution in [0.1, 0.15) is 57.5 Å². The molecule has 26 heavy (non-hydrogen) atoms. The lowest BCUT2D eigenvalue weighted by molar-refractivity contribution is -0.384. The average molecular weight is 374 g/mol. The molecule has 0 spiro atoms. The number of non-ortho nitro benzene ring substituents is 1. The first-order valence-corrected chi connectivity index (χ1v) is 9.68. The van der Waals surface area contributed by atoms with Crippen molar-refractivity contribution in [2.75, 3.05) is 6.54 Å². The van der Waals surface area contributed by atoms with E-state index in [9.17, 15) is 20.0 Å². The number of hydrogen-bond acceptors (Lipinski definition) is 5. The van der Waals surface area contributed by atoms with Gasteiger partial charge in [-0.3, -0.25) is 14.9 Å². The Morgan fingerprint density at radius 3 is 2.58 bits per heavy atom. The van der Waals surface area contributed by atoms with E-state index in [1.165, 1.54) is 60.4 Å². The molecule has 1 amide bonds. The Labute approximate surface area is 156 Å². The standard InChI is InChI=1S/C19H22N2O4S/c22-16(13-7-9-15(10-8-13)21(24)25)12-20-19(23)18-11-14-5-3-1-2-4-6-17(14)26-18/h7-11,16,22H,1-6,12H2,(H,20,23). The maximum absolute atomic E-state index is 12.4. The molecule has 138 valence electrons. The quantitative estimate of drug-likeness (QED) is 0.615. The fourth-order valence-corrected chi connectivity index (χ4v) is 4.34. The van der Waals surface area contributed by atoms with Gasteiger partial charge in [0.2, 0.25) is 0 Å². The van der Waals surface area contributed by atoms with Crippen LogP contribution < -0.4 is 5.32 Å². The number of nitrogens with one attached hydrogen (secondary N) is 1. The summed E-state index contributed by atoms with van der Waals surface area (Å²) in [6.45, 7) is 0.0687. The molecule has 1 atom stereocenters. The monoisotopic (exact) mass is 374 g/mol. The molecule has 6 nitrogen and oxygen atoms in total. The summed E-state index contributed by atoms with van der Waals surface area (Å²) in [5, 5.41) is 23.6. The number of carbonyl (C=O) groups excluding carboxylic acids is 1. The molecule has 2 aromatic rings. The van der Waals surface area contributed by atoms with Crippen molar-refractivity contribution in [1.82, 2.24) is 5.32 Å². The number of aliphatic hydroxyl groups is 1. The van der Waals surface area contributed by atoms with Crippen LogP contribution in [0.5, 0.6) is 0 Å². The van der Waals surface area contributed by atoms with E-state index >= 15 is 0 Å². The summed E-state index contributed by atoms with van der Waals surface area (Å²) in [4.78, 5) is 24.6. The normalized spacial score (nSPS) is 15.4. The highest BCUT2D eigenvalue weighted by Gasteiger charge is 2.17. The molecule has 0 fully saturated rings. The van der Waals surface area contributed by atoms with Crippen molar-refractivity contribution in [2.24, 2.45) is 0 Å². The molecule has 1 aliphatic rings. The van der Waals surface area contributed by atoms with Crippen LogP contribution in [0.25, 0.3) is 0 Å². The molecule has 1 aliphatic carbocycles. The molecule has 1 aromatic carbocycles. The number of nitro groups is 1. The van der Waals surface area contributed by atoms with E-state index in [1.54, 1.807) is 11.3 Å². The van der Waals surface area contributed by atoms with E-state index in [2.05, 4.69) is 5.32 Å². The zero-order valence-corrected chi connectivity index (χ0v) is 15.3. The molecule has 0 radical (unpaired) electrons. The highest BCUT2D eigenvalue weighted by atomic mass is 32.1. The second-order valence-electron chi connectivity index (χ2n) is 6.55. The lowest BCUT2D eigenvalue weighted by atomic mass is 10.00. The highest BCUT2D eigenvalue weighted by Crippen LogP contribution is 2.28. The van der Waals surface area contributed by atoms with Crippen molar-refractivity contribution in [2.45, 2.75) is 44.6 Å². The van der Waals surface area contributed by atoms with E-state index in [1.807, 2.05) is 6.07 Å². The van der Waals surface area contributed by atoms with Crippen LogP contribution in [0.4, 0.5) is 5.69 Å². The van der Waals surface area contributed by atoms with Crippen molar-refractivity contribution in [3.05, 3.63) is 61.3 Å². The first kappa shape index (κ1) is 18.5. The van der Waals surface area contributed by atoms with E-state index in [4.69, 9.17) is 0 Å². The SMILES string of the molecule is O=C(NCC(O)c1ccc([N+](=O)[O-])cc1)c1cc2c(s1)CCCCCC2. The van der Waals surface area contributed by atoms with Crippen molar-refractivity contribution in [1.29, 1.82) is 0 Å². The van der Waals surface area contributed by atoms with Crippen molar-refractivity contribution >= 4 is 22.9 Å². The van der Waals surface area contributed by atoms with Gasteiger partial charge in [-0.05, 0) is 55.0 Å². The smallest absolute Gasteiger partial charge is 0.269 e. The maximum atomic E-state index is 12.4. The number of amides is 1. The summed E-state index contributed by atoms with van der Waals surface area (Å²) in [6.07, 6.45) is 6.01. The van der Waals surface area contributed by atoms with Crippen LogP contribution in [0, 0.1) is 10.1 Å². The van der Waals surface area contributed by atoms with Gasteiger partial charge in [-0.1, -0.05) is 12.8 Å². The largest absolute Gasteiger partial charge is 0.387 e. The molecule has 0 aliphatic heterocycles. The minimum Gasteiger partial charge on any atom is -0.387 e. The number of benzene rings is 1. The Bertz CT molecular complexity index is 760. The summed E-state index contributed by atoms with van der Waals surface area (Å²) < 4.78 is 0. The number of rotatable bonds is 5. The highest BCUT2D eigenvalue weighted by molar-refractivity contribution is 7.14. The van der Waals surface area contributed by atoms with Gasteiger partial charge in [0.1, 0.15) is 0 Å². The number of nitro benzene ring substituents is 1. The number of fused-ring (bicyclic) bond motifs is 1. The summed E-state index contributed by atoms with van der Waals surface area (Å²) in [5.41, 5.74) is 1.80. The van der Waals surface area contributed by atoms with Gasteiger partial charge in [0, 0.05) is 23.6 Å². The van der Waals surface area contributed by atoms with Crippen LogP contribution in [-0.4, -0.2) is 22.5 Å². The second-order valence-corrected chi connectivity index (χ2v) is 7.68. The number of aryl methyl sites for hydroxylation is 2. The molecule has 0 saturated heterocycles. The third-order valence-electron chi connectivity index (χ3n) is 4.67. The molecule has 1 aromatic heterocycles. The third kappa shape index (κ3) is 4.47. The molecule has 0 saturated carbocycles. The maximum Gasteiger partial charge on any atom is 0.269 e. The van der Waals surface area contributed by atoms with Crippen molar-refractivity contribution in [3.63, 3.8) is 0 Å². The topological polar surface area (TPSA) is 92.5 Å². The van der Waals surface area contributed by atoms with Gasteiger partial charge in [0.05, 0.1) is 15.9 Å². The Balaban J connectivity index is 1.59. The summed E-state index contributed by atoms with van der Waals surface area (Å²) in [6, 6.07) is 7.69. The van der Waals surface area contributed by atoms with Crippen LogP contribution in [0.2, 0.25) is 0 Å². The Morgan fingerprint density at radius 1 is 1.19 bits per heavy atom. The van der Waals surface area contributed by atoms with Gasteiger partial charge < -0.3 is 10.4 Å². The first-order valence-electron chi connectivity index (χ1n) is 8.87. The Hall–Kier alpha value is -2.25. The summed E-state index contributed by atoms with van der Waals surface area (Å²) in [5.74, 6) is -0.178. The molecule has 3 rings (SSSR count). The van der Waals surface area contributed by atoms with Crippen molar-refractivity contribution < 1.29 is 14.8 Å². The molecule has 0 bridgehead atoms. The molecular formula is C19H22N2O4S. The summed E-state index contributed by atoms with van der Waals surface area (Å²) in [7, 11) is 0. The second kappa shape index (κ2) is 8.42. The lowest BCUT2D eigenvalue weighted by Gasteiger charge is -2.11. The van der Waals surface area contributed by atoms with Crippen LogP contribution in [0.15, 0.2) is 30.3 Å². The van der Waals surface area contributed by atoms with Crippen LogP contribution >= 0.6 is 11.3 Å². The van der Waals surface area contributed by atoms with Crippen LogP contribution in [0.3, 0.4) is 0 Å². The molecular weight excluding hydrogens is 352 g/mol. The fraction of sp³-hybridized carbons (Fsp3) is 0.421. The fourth-order valence-electron chi connectivity index (χ4n) is 3.17. The van der Waals surface area contributed by atoms with Gasteiger partial charge in [0.25, 0.3) is 11.6 Å². The molecule has 7 heteroatoms. The molecule has 1 heterocycles. The number of nitrogens with zero attached hydrogens (tertiary/aromatic N) is 1. The van der Waals surface area contributed by atoms with Gasteiger partial charge in [-0.25, -0.2) is 0 Å². The Kier molecular flexibility index (Phi) is 6.00. The lowest BCUT2D eigenvalue weighted by Crippen LogP contribution is -2.27. The number of carbonyl (C=O) groups is 1. The van der Waals surface area contributed by atoms with Crippen molar-refractivity contribution in [3.8, 4) is 0 Å². The predicted molar refractivity (Wildman–Crippen MR) is 101 cm³/mol. The van der Waals surface area contributed by atoms with E-state index in [0.717, 1.165) is 12.8 Å². The molecule has 1 unspecified atom stereocenters. The average Bonchev–Trinajstić information content (AvgIpc) is 3.01. The summed E-state index contributed by atoms with van der Waals surface area (Å²) >= 11 is 1.55. The number of hydrogen-bond donors (Lipinski definition) is 2. The minimum atomic E-state index is -0.902. The van der Waals surface area contributed by atoms with E-state index in [-0.39, 0.29) is 18.1 Å². The van der Waals surface area contributed by atoms with Crippen LogP contribution in [-0.2, 0) is 12.8 Å². The van der Waals surface area contributed by atoms with E-state index < -0.39 is 11.0 Å². The minimum absolute atomic E-state index is 0.0269. The molecule has 2 N–H and O–H groups in total. The number of aliphatic hydroxyl groups excluding tert-OH is 1.